The van der Waals surface area contributed by atoms with Crippen LogP contribution in [0.5, 0.6) is 0 Å². The Balaban J connectivity index is 0.00000220. The van der Waals surface area contributed by atoms with E-state index in [1.54, 1.807) is 7.05 Å². The number of rotatable bonds is 5. The van der Waals surface area contributed by atoms with Crippen molar-refractivity contribution in [2.24, 2.45) is 10.4 Å². The Labute approximate surface area is 148 Å². The molecule has 1 aliphatic heterocycles. The van der Waals surface area contributed by atoms with Gasteiger partial charge in [0.05, 0.1) is 13.2 Å². The number of ether oxygens (including phenoxy) is 1. The van der Waals surface area contributed by atoms with E-state index in [2.05, 4.69) is 22.5 Å². The smallest absolute Gasteiger partial charge is 0.191 e. The van der Waals surface area contributed by atoms with Crippen LogP contribution >= 0.6 is 35.6 Å². The van der Waals surface area contributed by atoms with Gasteiger partial charge < -0.3 is 15.4 Å². The van der Waals surface area contributed by atoms with Gasteiger partial charge in [0.25, 0.3) is 0 Å². The molecular weight excluding hydrogens is 401 g/mol. The lowest BCUT2D eigenvalue weighted by atomic mass is 9.89. The molecule has 4 nitrogen and oxygen atoms in total. The second-order valence-electron chi connectivity index (χ2n) is 5.53. The molecule has 0 amide bonds. The lowest BCUT2D eigenvalue weighted by Gasteiger charge is -2.38. The number of guanidine groups is 1. The number of halogens is 2. The zero-order valence-electron chi connectivity index (χ0n) is 12.5. The van der Waals surface area contributed by atoms with Crippen molar-refractivity contribution in [3.8, 4) is 0 Å². The highest BCUT2D eigenvalue weighted by atomic mass is 127. The standard InChI is InChI=1S/C15H22ClN3O.HI/c1-15(10-20-11-15)9-19-14(17-2)18-8-7-12-3-5-13(16)6-4-12;/h3-6H,7-11H2,1-2H3,(H2,17,18,19);1H. The van der Waals surface area contributed by atoms with Gasteiger partial charge in [-0.3, -0.25) is 4.99 Å². The molecule has 21 heavy (non-hydrogen) atoms. The molecule has 2 N–H and O–H groups in total. The highest BCUT2D eigenvalue weighted by molar-refractivity contribution is 14.0. The molecule has 0 aromatic heterocycles. The second-order valence-corrected chi connectivity index (χ2v) is 5.97. The Morgan fingerprint density at radius 3 is 2.48 bits per heavy atom. The highest BCUT2D eigenvalue weighted by Crippen LogP contribution is 2.24. The molecule has 2 rings (SSSR count). The van der Waals surface area contributed by atoms with Crippen LogP contribution < -0.4 is 10.6 Å². The van der Waals surface area contributed by atoms with Gasteiger partial charge in [-0.15, -0.1) is 24.0 Å². The molecule has 6 heteroatoms. The second kappa shape index (κ2) is 8.80. The highest BCUT2D eigenvalue weighted by Gasteiger charge is 2.33. The number of nitrogens with one attached hydrogen (secondary N) is 2. The average molecular weight is 424 g/mol. The van der Waals surface area contributed by atoms with Gasteiger partial charge >= 0.3 is 0 Å². The molecule has 0 spiro atoms. The van der Waals surface area contributed by atoms with Gasteiger partial charge in [0.15, 0.2) is 5.96 Å². The van der Waals surface area contributed by atoms with E-state index in [0.717, 1.165) is 43.7 Å². The summed E-state index contributed by atoms with van der Waals surface area (Å²) in [6.07, 6.45) is 0.943. The van der Waals surface area contributed by atoms with Gasteiger partial charge in [0, 0.05) is 30.6 Å². The summed E-state index contributed by atoms with van der Waals surface area (Å²) in [5, 5.41) is 7.44. The van der Waals surface area contributed by atoms with E-state index in [1.807, 2.05) is 24.3 Å². The van der Waals surface area contributed by atoms with Gasteiger partial charge in [0.1, 0.15) is 0 Å². The van der Waals surface area contributed by atoms with Crippen molar-refractivity contribution in [3.63, 3.8) is 0 Å². The Morgan fingerprint density at radius 1 is 1.29 bits per heavy atom. The normalized spacial score (nSPS) is 16.6. The summed E-state index contributed by atoms with van der Waals surface area (Å²) >= 11 is 5.87. The topological polar surface area (TPSA) is 45.7 Å². The summed E-state index contributed by atoms with van der Waals surface area (Å²) in [6.45, 7) is 5.58. The summed E-state index contributed by atoms with van der Waals surface area (Å²) in [5.41, 5.74) is 1.50. The first kappa shape index (κ1) is 18.5. The number of benzene rings is 1. The fraction of sp³-hybridized carbons (Fsp3) is 0.533. The third-order valence-corrected chi connectivity index (χ3v) is 3.68. The van der Waals surface area contributed by atoms with Crippen molar-refractivity contribution in [3.05, 3.63) is 34.9 Å². The van der Waals surface area contributed by atoms with E-state index < -0.39 is 0 Å². The summed E-state index contributed by atoms with van der Waals surface area (Å²) in [4.78, 5) is 4.23. The first-order valence-corrected chi connectivity index (χ1v) is 7.26. The van der Waals surface area contributed by atoms with Crippen LogP contribution in [0.4, 0.5) is 0 Å². The van der Waals surface area contributed by atoms with Gasteiger partial charge in [-0.25, -0.2) is 0 Å². The Bertz CT molecular complexity index is 460. The van der Waals surface area contributed by atoms with Crippen LogP contribution in [0.25, 0.3) is 0 Å². The van der Waals surface area contributed by atoms with E-state index in [0.29, 0.717) is 0 Å². The number of nitrogens with zero attached hydrogens (tertiary/aromatic N) is 1. The van der Waals surface area contributed by atoms with Crippen molar-refractivity contribution in [2.45, 2.75) is 13.3 Å². The SMILES string of the molecule is CN=C(NCCc1ccc(Cl)cc1)NCC1(C)COC1.I. The lowest BCUT2D eigenvalue weighted by Crippen LogP contribution is -2.51. The van der Waals surface area contributed by atoms with Crippen LogP contribution in [0, 0.1) is 5.41 Å². The molecule has 0 bridgehead atoms. The summed E-state index contributed by atoms with van der Waals surface area (Å²) in [7, 11) is 1.79. The Morgan fingerprint density at radius 2 is 1.95 bits per heavy atom. The number of aliphatic imine (C=N–C) groups is 1. The summed E-state index contributed by atoms with van der Waals surface area (Å²) in [5.74, 6) is 0.840. The minimum Gasteiger partial charge on any atom is -0.380 e. The van der Waals surface area contributed by atoms with Crippen LogP contribution in [0.1, 0.15) is 12.5 Å². The molecule has 118 valence electrons. The maximum absolute atomic E-state index is 5.87. The largest absolute Gasteiger partial charge is 0.380 e. The van der Waals surface area contributed by atoms with E-state index in [4.69, 9.17) is 16.3 Å². The molecule has 1 aliphatic rings. The van der Waals surface area contributed by atoms with Crippen LogP contribution in [0.15, 0.2) is 29.3 Å². The predicted octanol–water partition coefficient (Wildman–Crippen LogP) is 2.70. The van der Waals surface area contributed by atoms with E-state index >= 15 is 0 Å². The zero-order valence-corrected chi connectivity index (χ0v) is 15.6. The van der Waals surface area contributed by atoms with E-state index in [-0.39, 0.29) is 29.4 Å². The van der Waals surface area contributed by atoms with Crippen molar-refractivity contribution >= 4 is 41.5 Å². The lowest BCUT2D eigenvalue weighted by molar-refractivity contribution is -0.0971. The maximum Gasteiger partial charge on any atom is 0.191 e. The third-order valence-electron chi connectivity index (χ3n) is 3.43. The molecule has 0 saturated carbocycles. The summed E-state index contributed by atoms with van der Waals surface area (Å²) in [6, 6.07) is 7.93. The van der Waals surface area contributed by atoms with Crippen LogP contribution in [-0.2, 0) is 11.2 Å². The van der Waals surface area contributed by atoms with Gasteiger partial charge in [-0.1, -0.05) is 30.7 Å². The number of hydrogen-bond donors (Lipinski definition) is 2. The number of hydrogen-bond acceptors (Lipinski definition) is 2. The van der Waals surface area contributed by atoms with Crippen molar-refractivity contribution in [2.75, 3.05) is 33.4 Å². The maximum atomic E-state index is 5.87. The molecule has 0 unspecified atom stereocenters. The minimum atomic E-state index is 0. The van der Waals surface area contributed by atoms with Gasteiger partial charge in [-0.05, 0) is 24.1 Å². The molecule has 1 heterocycles. The van der Waals surface area contributed by atoms with Gasteiger partial charge in [0.2, 0.25) is 0 Å². The van der Waals surface area contributed by atoms with Crippen molar-refractivity contribution < 1.29 is 4.74 Å². The van der Waals surface area contributed by atoms with Crippen molar-refractivity contribution in [1.82, 2.24) is 10.6 Å². The zero-order chi connectivity index (χ0) is 14.4. The Hall–Kier alpha value is -0.530. The molecule has 1 aromatic carbocycles. The average Bonchev–Trinajstić information content (AvgIpc) is 2.42. The van der Waals surface area contributed by atoms with Crippen LogP contribution in [-0.4, -0.2) is 39.3 Å². The molecule has 0 atom stereocenters. The fourth-order valence-corrected chi connectivity index (χ4v) is 2.17. The van der Waals surface area contributed by atoms with Crippen LogP contribution in [0.3, 0.4) is 0 Å². The van der Waals surface area contributed by atoms with Gasteiger partial charge in [-0.2, -0.15) is 0 Å². The molecular formula is C15H23ClIN3O. The first-order valence-electron chi connectivity index (χ1n) is 6.88. The third kappa shape index (κ3) is 6.00. The molecule has 1 saturated heterocycles. The summed E-state index contributed by atoms with van der Waals surface area (Å²) < 4.78 is 5.24. The first-order chi connectivity index (χ1) is 9.61. The molecule has 0 aliphatic carbocycles. The van der Waals surface area contributed by atoms with E-state index in [1.165, 1.54) is 5.56 Å². The monoisotopic (exact) mass is 423 g/mol. The predicted molar refractivity (Wildman–Crippen MR) is 98.9 cm³/mol. The molecule has 1 aromatic rings. The quantitative estimate of drug-likeness (QED) is 0.435. The minimum absolute atomic E-state index is 0. The van der Waals surface area contributed by atoms with Crippen molar-refractivity contribution in [1.29, 1.82) is 0 Å². The molecule has 0 radical (unpaired) electrons. The van der Waals surface area contributed by atoms with Crippen LogP contribution in [0.2, 0.25) is 5.02 Å². The molecule has 1 fully saturated rings. The van der Waals surface area contributed by atoms with E-state index in [9.17, 15) is 0 Å². The Kier molecular flexibility index (Phi) is 7.76. The fourth-order valence-electron chi connectivity index (χ4n) is 2.05.